The Morgan fingerprint density at radius 2 is 0.864 bits per heavy atom. The highest BCUT2D eigenvalue weighted by molar-refractivity contribution is 6.02. The molecule has 33 nitrogen and oxygen atoms in total. The topological polar surface area (TPSA) is 455 Å². The molecule has 0 bridgehead atoms. The summed E-state index contributed by atoms with van der Waals surface area (Å²) in [7, 11) is 0. The molecule has 2 aromatic heterocycles. The Labute approximate surface area is 724 Å². The minimum atomic E-state index is -1.25. The molecule has 0 saturated heterocycles. The van der Waals surface area contributed by atoms with Crippen molar-refractivity contribution in [2.75, 3.05) is 32.3 Å². The van der Waals surface area contributed by atoms with Crippen LogP contribution in [-0.4, -0.2) is 145 Å². The lowest BCUT2D eigenvalue weighted by Crippen LogP contribution is -2.49. The number of anilines is 1. The van der Waals surface area contributed by atoms with E-state index >= 15 is 0 Å². The van der Waals surface area contributed by atoms with Gasteiger partial charge in [0.1, 0.15) is 65.6 Å². The summed E-state index contributed by atoms with van der Waals surface area (Å²) in [6.07, 6.45) is 6.18. The molecule has 0 saturated carbocycles. The molecule has 0 radical (unpaired) electrons. The van der Waals surface area contributed by atoms with Crippen LogP contribution in [0.15, 0.2) is 172 Å². The highest BCUT2D eigenvalue weighted by Gasteiger charge is 2.37. The molecule has 2 heterocycles. The van der Waals surface area contributed by atoms with Crippen molar-refractivity contribution in [1.29, 1.82) is 0 Å². The maximum atomic E-state index is 13.6. The molecule has 0 aliphatic carbocycles. The predicted octanol–water partition coefficient (Wildman–Crippen LogP) is 12.9. The number of nitrogens with zero attached hydrogens (tertiary/aromatic N) is 3. The van der Waals surface area contributed by atoms with Crippen molar-refractivity contribution < 1.29 is 105 Å². The lowest BCUT2D eigenvalue weighted by molar-refractivity contribution is -0.171. The number of rotatable bonds is 49. The number of nitrogen functional groups attached to an aromatic ring is 1. The third-order valence-electron chi connectivity index (χ3n) is 19.8. The van der Waals surface area contributed by atoms with Gasteiger partial charge >= 0.3 is 23.9 Å². The van der Waals surface area contributed by atoms with Gasteiger partial charge in [0.05, 0.1) is 72.7 Å². The number of nitrogens with two attached hydrogens (primary N) is 1. The molecule has 0 aliphatic heterocycles. The van der Waals surface area contributed by atoms with Crippen LogP contribution >= 0.6 is 0 Å². The molecule has 8 rings (SSSR count). The number of nitrogens with one attached hydrogen (secondary N) is 6. The van der Waals surface area contributed by atoms with Gasteiger partial charge in [0.25, 0.3) is 23.6 Å². The first-order chi connectivity index (χ1) is 60.1. The number of carbonyl (C=O) groups is 14. The molecule has 6 atom stereocenters. The van der Waals surface area contributed by atoms with Gasteiger partial charge in [-0.1, -0.05) is 139 Å². The molecule has 125 heavy (non-hydrogen) atoms. The fraction of sp³-hybridized carbons (Fsp3) is 0.370. The zero-order chi connectivity index (χ0) is 91.1. The van der Waals surface area contributed by atoms with E-state index in [0.29, 0.717) is 72.9 Å². The number of carbonyl (C=O) groups excluding carboxylic acids is 14. The van der Waals surface area contributed by atoms with Crippen molar-refractivity contribution in [2.45, 2.75) is 184 Å². The first-order valence-corrected chi connectivity index (χ1v) is 41.2. The Hall–Kier alpha value is -14.1. The Balaban J connectivity index is 0.000000343. The zero-order valence-corrected chi connectivity index (χ0v) is 71.7. The van der Waals surface area contributed by atoms with Gasteiger partial charge in [-0.15, -0.1) is 4.91 Å². The third-order valence-corrected chi connectivity index (χ3v) is 19.8. The van der Waals surface area contributed by atoms with Gasteiger partial charge in [-0.3, -0.25) is 47.9 Å². The Morgan fingerprint density at radius 1 is 0.464 bits per heavy atom. The lowest BCUT2D eigenvalue weighted by atomic mass is 9.90. The maximum Gasteiger partial charge on any atom is 0.363 e. The van der Waals surface area contributed by atoms with Crippen LogP contribution in [0.25, 0.3) is 22.6 Å². The van der Waals surface area contributed by atoms with E-state index in [4.69, 9.17) is 43.2 Å². The quantitative estimate of drug-likeness (QED) is 0.00354. The van der Waals surface area contributed by atoms with Crippen molar-refractivity contribution in [3.63, 3.8) is 0 Å². The largest absolute Gasteiger partial charge is 0.493 e. The Bertz CT molecular complexity index is 5050. The highest BCUT2D eigenvalue weighted by Crippen LogP contribution is 2.33. The smallest absolute Gasteiger partial charge is 0.363 e. The summed E-state index contributed by atoms with van der Waals surface area (Å²) in [5.74, 6) is -8.28. The number of benzene rings is 6. The number of hydrogen-bond donors (Lipinski definition) is 7. The average Bonchev–Trinajstić information content (AvgIpc) is 1.74. The SMILES string of the molecule is CCCCC[C@@H](C(=O)NCNC(=O)c1ccc(-c2ccc(C(=O)N[C@@H](CC(C)=O)C(=O)OCc3ccccc3)c(OCC)c2)o1)[C@@H](CC)N(C=O)OC(=O)c1ccc(N)cc1C.CCCCC[C@@H](C(=O)NCNC(=O)c1ccc(-c2ccc(C(=O)N[C@@H](CC(C)=O)C(=O)OCc3ccccc3)c(OCC)c2)o1)[C@@H](CC)N(C=O)OC(=O)c1ccc(N=O)cc1C. The number of nitroso groups, excluding NO2 is 1. The molecule has 8 aromatic rings. The van der Waals surface area contributed by atoms with E-state index in [2.05, 4.69) is 37.1 Å². The van der Waals surface area contributed by atoms with E-state index in [9.17, 15) is 72.0 Å². The maximum absolute atomic E-state index is 13.6. The molecule has 6 aromatic carbocycles. The second-order valence-electron chi connectivity index (χ2n) is 29.1. The molecule has 0 unspecified atom stereocenters. The summed E-state index contributed by atoms with van der Waals surface area (Å²) in [5, 5.41) is 20.4. The van der Waals surface area contributed by atoms with Crippen molar-refractivity contribution in [1.82, 2.24) is 42.0 Å². The van der Waals surface area contributed by atoms with Crippen LogP contribution in [-0.2, 0) is 70.7 Å². The number of ketones is 2. The average molecular weight is 1720 g/mol. The van der Waals surface area contributed by atoms with Gasteiger partial charge in [-0.05, 0) is 180 Å². The van der Waals surface area contributed by atoms with Crippen molar-refractivity contribution in [3.8, 4) is 34.1 Å². The van der Waals surface area contributed by atoms with Crippen LogP contribution in [0, 0.1) is 30.6 Å². The third kappa shape index (κ3) is 29.6. The van der Waals surface area contributed by atoms with E-state index in [0.717, 1.165) is 46.9 Å². The molecule has 0 fully saturated rings. The van der Waals surface area contributed by atoms with E-state index in [1.54, 1.807) is 133 Å². The van der Waals surface area contributed by atoms with Crippen molar-refractivity contribution >= 4 is 95.1 Å². The molecule has 0 spiro atoms. The number of hydrogen-bond acceptors (Lipinski definition) is 25. The summed E-state index contributed by atoms with van der Waals surface area (Å²) >= 11 is 0. The molecule has 8 amide bonds. The van der Waals surface area contributed by atoms with E-state index < -0.39 is 95.3 Å². The van der Waals surface area contributed by atoms with E-state index in [-0.39, 0.29) is 133 Å². The number of furan rings is 2. The highest BCUT2D eigenvalue weighted by atomic mass is 16.7. The Kier molecular flexibility index (Phi) is 39.4. The fourth-order valence-electron chi connectivity index (χ4n) is 13.4. The van der Waals surface area contributed by atoms with E-state index in [1.807, 2.05) is 26.0 Å². The second-order valence-corrected chi connectivity index (χ2v) is 29.1. The molecule has 664 valence electrons. The van der Waals surface area contributed by atoms with Crippen LogP contribution in [0.1, 0.15) is 217 Å². The molecule has 33 heteroatoms. The van der Waals surface area contributed by atoms with Gasteiger partial charge in [0.2, 0.25) is 24.6 Å². The normalized spacial score (nSPS) is 12.2. The summed E-state index contributed by atoms with van der Waals surface area (Å²) in [5.41, 5.74) is 10.3. The fourth-order valence-corrected chi connectivity index (χ4v) is 13.4. The number of ether oxygens (including phenoxy) is 4. The lowest BCUT2D eigenvalue weighted by Gasteiger charge is -2.32. The predicted molar refractivity (Wildman–Crippen MR) is 459 cm³/mol. The molecular weight excluding hydrogens is 1610 g/mol. The number of aryl methyl sites for hydroxylation is 2. The first-order valence-electron chi connectivity index (χ1n) is 41.2. The van der Waals surface area contributed by atoms with Gasteiger partial charge in [0.15, 0.2) is 11.5 Å². The second kappa shape index (κ2) is 50.3. The van der Waals surface area contributed by atoms with Gasteiger partial charge in [0, 0.05) is 29.7 Å². The van der Waals surface area contributed by atoms with Crippen molar-refractivity contribution in [3.05, 3.63) is 219 Å². The van der Waals surface area contributed by atoms with Crippen LogP contribution < -0.4 is 47.1 Å². The standard InChI is InChI=1S/C46H53N5O12.C46H55N5O11/c1-6-9-11-16-35(38(7-2)51(28-52)63-45(57)34-20-18-33(50-59)23-29(34)4)42(54)47-27-48-44(56)40-22-21-39(62-40)32-17-19-36(41(25-32)60-8-3)43(55)49-37(24-30(5)53)46(58)61-26-31-14-12-10-13-15-31;1-6-9-11-16-35(38(7-2)51(28-52)62-45(57)34-20-18-33(47)23-29(34)4)42(54)48-27-49-44(56)40-22-21-39(61-40)32-17-19-36(41(25-32)59-8-3)43(55)50-37(24-30(5)53)46(58)60-26-31-14-12-10-13-15-31/h10,12-15,17-23,25,28,35,37-38H,6-9,11,16,24,26-27H2,1-5H3,(H,47,54)(H,48,56)(H,49,55);10,12-15,17-23,25,28,35,37-38H,6-9,11,16,24,26-27,47H2,1-5H3,(H,48,54)(H,49,56)(H,50,55)/t2*35-,37+,38-/m11/s1. The minimum absolute atomic E-state index is 0.0339. The monoisotopic (exact) mass is 1720 g/mol. The van der Waals surface area contributed by atoms with E-state index in [1.165, 1.54) is 68.4 Å². The summed E-state index contributed by atoms with van der Waals surface area (Å²) in [6, 6.07) is 37.8. The number of Topliss-reactive ketones (excluding diaryl/α,β-unsaturated/α-hetero) is 2. The van der Waals surface area contributed by atoms with Crippen LogP contribution in [0.5, 0.6) is 11.5 Å². The summed E-state index contributed by atoms with van der Waals surface area (Å²) < 4.78 is 34.0. The molecule has 0 aliphatic rings. The van der Waals surface area contributed by atoms with Crippen LogP contribution in [0.3, 0.4) is 0 Å². The molecule has 8 N–H and O–H groups in total. The minimum Gasteiger partial charge on any atom is -0.493 e. The van der Waals surface area contributed by atoms with Crippen LogP contribution in [0.4, 0.5) is 11.4 Å². The number of unbranched alkanes of at least 4 members (excludes halogenated alkanes) is 4. The number of amides is 8. The van der Waals surface area contributed by atoms with Crippen LogP contribution in [0.2, 0.25) is 0 Å². The van der Waals surface area contributed by atoms with Gasteiger partial charge in [-0.2, -0.15) is 10.1 Å². The number of esters is 2. The number of hydroxylamine groups is 4. The zero-order valence-electron chi connectivity index (χ0n) is 71.7. The van der Waals surface area contributed by atoms with Gasteiger partial charge < -0.3 is 75.1 Å². The van der Waals surface area contributed by atoms with Gasteiger partial charge in [-0.25, -0.2) is 19.2 Å². The summed E-state index contributed by atoms with van der Waals surface area (Å²) in [4.78, 5) is 203. The molecular formula is C92H108N10O23. The Morgan fingerprint density at radius 3 is 1.22 bits per heavy atom. The first kappa shape index (κ1) is 98.0. The summed E-state index contributed by atoms with van der Waals surface area (Å²) in [6.45, 7) is 16.6. The van der Waals surface area contributed by atoms with Crippen molar-refractivity contribution in [2.24, 2.45) is 17.0 Å².